The van der Waals surface area contributed by atoms with Crippen LogP contribution in [0.4, 0.5) is 0 Å². The minimum atomic E-state index is -0.556. The Hall–Kier alpha value is -7.98. The van der Waals surface area contributed by atoms with E-state index in [0.29, 0.717) is 11.4 Å². The maximum atomic E-state index is 9.76. The van der Waals surface area contributed by atoms with E-state index in [0.717, 1.165) is 44.5 Å². The lowest BCUT2D eigenvalue weighted by atomic mass is 9.55. The highest BCUT2D eigenvalue weighted by Crippen LogP contribution is 2.62. The summed E-state index contributed by atoms with van der Waals surface area (Å²) in [5, 5.41) is 18.5. The molecule has 4 N–H and O–H groups in total. The fourth-order valence-corrected chi connectivity index (χ4v) is 9.87. The van der Waals surface area contributed by atoms with E-state index in [-0.39, 0.29) is 5.41 Å². The van der Waals surface area contributed by atoms with Crippen molar-refractivity contribution in [1.82, 2.24) is 0 Å². The first kappa shape index (κ1) is 46.5. The van der Waals surface area contributed by atoms with Gasteiger partial charge in [-0.05, 0) is 99.8 Å². The Labute approximate surface area is 403 Å². The smallest absolute Gasteiger partial charge is 0.0719 e. The largest absolute Gasteiger partial charge is 0.333 e. The molecule has 0 bridgehead atoms. The molecule has 9 aromatic rings. The predicted octanol–water partition coefficient (Wildman–Crippen LogP) is 15.4. The summed E-state index contributed by atoms with van der Waals surface area (Å²) in [6, 6.07) is 80.4. The Morgan fingerprint density at radius 2 is 0.882 bits per heavy atom. The SMILES string of the molecule is CC1(C)c2ccccc2C2(c3ccc(/C=C/C(=N)c4ccccc4)cc3-c3c(C(=N)c4ccc(-c5ccccc5)cc4)cccc32)c2ccccc21.CN.Cc1ccccc1.Cc1ccccc1. The zero-order valence-electron chi connectivity index (χ0n) is 39.7. The molecule has 0 aliphatic heterocycles. The summed E-state index contributed by atoms with van der Waals surface area (Å²) < 4.78 is 0. The van der Waals surface area contributed by atoms with Gasteiger partial charge in [0.15, 0.2) is 0 Å². The van der Waals surface area contributed by atoms with Crippen molar-refractivity contribution in [2.75, 3.05) is 7.05 Å². The van der Waals surface area contributed by atoms with E-state index in [1.807, 2.05) is 84.9 Å². The molecule has 0 fully saturated rings. The van der Waals surface area contributed by atoms with Crippen molar-refractivity contribution in [3.63, 3.8) is 0 Å². The molecule has 334 valence electrons. The number of allylic oxidation sites excluding steroid dienone is 1. The first-order valence-corrected chi connectivity index (χ1v) is 23.3. The lowest BCUT2D eigenvalue weighted by Gasteiger charge is -2.46. The van der Waals surface area contributed by atoms with E-state index in [1.165, 1.54) is 51.6 Å². The Morgan fingerprint density at radius 1 is 0.426 bits per heavy atom. The summed E-state index contributed by atoms with van der Waals surface area (Å²) in [4.78, 5) is 0. The van der Waals surface area contributed by atoms with E-state index >= 15 is 0 Å². The Kier molecular flexibility index (Phi) is 14.2. The maximum Gasteiger partial charge on any atom is 0.0719 e. The van der Waals surface area contributed by atoms with Crippen LogP contribution in [0, 0.1) is 24.7 Å². The number of benzene rings is 9. The number of hydrogen-bond acceptors (Lipinski definition) is 3. The quantitative estimate of drug-likeness (QED) is 0.143. The van der Waals surface area contributed by atoms with Gasteiger partial charge in [0.1, 0.15) is 0 Å². The van der Waals surface area contributed by atoms with Crippen molar-refractivity contribution in [1.29, 1.82) is 10.8 Å². The average molecular weight is 882 g/mol. The van der Waals surface area contributed by atoms with Gasteiger partial charge in [-0.25, -0.2) is 0 Å². The van der Waals surface area contributed by atoms with E-state index in [2.05, 4.69) is 191 Å². The van der Waals surface area contributed by atoms with Gasteiger partial charge in [-0.1, -0.05) is 256 Å². The first-order chi connectivity index (χ1) is 33.2. The van der Waals surface area contributed by atoms with Crippen LogP contribution < -0.4 is 5.73 Å². The molecule has 0 saturated heterocycles. The Balaban J connectivity index is 0.000000333. The van der Waals surface area contributed by atoms with Crippen LogP contribution >= 0.6 is 0 Å². The molecular formula is C65H59N3. The molecule has 68 heavy (non-hydrogen) atoms. The molecule has 1 spiro atoms. The highest BCUT2D eigenvalue weighted by molar-refractivity contribution is 6.16. The van der Waals surface area contributed by atoms with Gasteiger partial charge in [-0.2, -0.15) is 0 Å². The van der Waals surface area contributed by atoms with Crippen molar-refractivity contribution in [2.45, 2.75) is 38.5 Å². The second kappa shape index (κ2) is 20.7. The van der Waals surface area contributed by atoms with Gasteiger partial charge in [0.05, 0.1) is 16.8 Å². The second-order valence-electron chi connectivity index (χ2n) is 17.7. The van der Waals surface area contributed by atoms with Gasteiger partial charge >= 0.3 is 0 Å². The molecule has 0 heterocycles. The van der Waals surface area contributed by atoms with Gasteiger partial charge in [0.2, 0.25) is 0 Å². The molecule has 3 heteroatoms. The minimum Gasteiger partial charge on any atom is -0.333 e. The second-order valence-corrected chi connectivity index (χ2v) is 17.7. The van der Waals surface area contributed by atoms with Crippen molar-refractivity contribution in [3.05, 3.63) is 303 Å². The zero-order valence-corrected chi connectivity index (χ0v) is 39.7. The van der Waals surface area contributed by atoms with Gasteiger partial charge in [0.25, 0.3) is 0 Å². The molecule has 2 aliphatic rings. The van der Waals surface area contributed by atoms with Crippen molar-refractivity contribution in [2.24, 2.45) is 5.73 Å². The fourth-order valence-electron chi connectivity index (χ4n) is 9.87. The van der Waals surface area contributed by atoms with E-state index < -0.39 is 5.41 Å². The Morgan fingerprint density at radius 3 is 1.40 bits per heavy atom. The summed E-state index contributed by atoms with van der Waals surface area (Å²) >= 11 is 0. The van der Waals surface area contributed by atoms with Crippen LogP contribution in [-0.2, 0) is 10.8 Å². The zero-order chi connectivity index (χ0) is 47.7. The number of rotatable bonds is 6. The third-order valence-electron chi connectivity index (χ3n) is 13.2. The summed E-state index contributed by atoms with van der Waals surface area (Å²) in [7, 11) is 1.50. The molecule has 0 saturated carbocycles. The molecule has 11 rings (SSSR count). The standard InChI is InChI=1S/C50H38N2.2C7H8.CH5N/c1-49(2)41-19-9-11-21-43(41)50(44-22-12-10-20-42(44)49)40-30-24-33(25-31-46(51)36-16-7-4-8-17-36)32-39(40)47-38(18-13-23-45(47)50)48(52)37-28-26-35(27-29-37)34-14-5-3-6-15-34;2*1-7-5-3-2-4-6-7;1-2/h3-32,51-52H,1-2H3;2*2-6H,1H3;2H2,1H3/b31-25+,51-46?,52-48?;;;. The highest BCUT2D eigenvalue weighted by atomic mass is 14.6. The van der Waals surface area contributed by atoms with Crippen LogP contribution in [0.15, 0.2) is 237 Å². The van der Waals surface area contributed by atoms with Gasteiger partial charge in [0, 0.05) is 16.5 Å². The number of nitrogens with two attached hydrogens (primary N) is 1. The number of aryl methyl sites for hydroxylation is 2. The number of nitrogens with one attached hydrogen (secondary N) is 2. The first-order valence-electron chi connectivity index (χ1n) is 23.3. The lowest BCUT2D eigenvalue weighted by molar-refractivity contribution is 0.563. The summed E-state index contributed by atoms with van der Waals surface area (Å²) in [5.41, 5.74) is 23.3. The Bertz CT molecular complexity index is 3100. The van der Waals surface area contributed by atoms with Gasteiger partial charge in [-0.3, -0.25) is 5.41 Å². The molecule has 9 aromatic carbocycles. The predicted molar refractivity (Wildman–Crippen MR) is 288 cm³/mol. The molecule has 3 nitrogen and oxygen atoms in total. The number of hydrogen-bond donors (Lipinski definition) is 3. The van der Waals surface area contributed by atoms with Crippen LogP contribution in [0.25, 0.3) is 28.3 Å². The lowest BCUT2D eigenvalue weighted by Crippen LogP contribution is -2.40. The molecule has 0 amide bonds. The van der Waals surface area contributed by atoms with Crippen LogP contribution in [0.3, 0.4) is 0 Å². The minimum absolute atomic E-state index is 0.188. The summed E-state index contributed by atoms with van der Waals surface area (Å²) in [5.74, 6) is 0. The monoisotopic (exact) mass is 881 g/mol. The van der Waals surface area contributed by atoms with Crippen LogP contribution in [0.1, 0.15) is 80.6 Å². The van der Waals surface area contributed by atoms with Crippen LogP contribution in [0.5, 0.6) is 0 Å². The van der Waals surface area contributed by atoms with Crippen molar-refractivity contribution >= 4 is 17.5 Å². The average Bonchev–Trinajstić information content (AvgIpc) is 3.69. The topological polar surface area (TPSA) is 73.7 Å². The summed E-state index contributed by atoms with van der Waals surface area (Å²) in [6.45, 7) is 8.85. The van der Waals surface area contributed by atoms with Gasteiger partial charge in [-0.15, -0.1) is 0 Å². The molecule has 0 unspecified atom stereocenters. The van der Waals surface area contributed by atoms with Crippen molar-refractivity contribution < 1.29 is 0 Å². The van der Waals surface area contributed by atoms with E-state index in [1.54, 1.807) is 0 Å². The van der Waals surface area contributed by atoms with Crippen LogP contribution in [-0.4, -0.2) is 18.5 Å². The number of fused-ring (bicyclic) bond motifs is 9. The molecule has 0 aromatic heterocycles. The van der Waals surface area contributed by atoms with Crippen molar-refractivity contribution in [3.8, 4) is 22.3 Å². The molecule has 0 radical (unpaired) electrons. The third kappa shape index (κ3) is 9.09. The van der Waals surface area contributed by atoms with Crippen LogP contribution in [0.2, 0.25) is 0 Å². The highest BCUT2D eigenvalue weighted by Gasteiger charge is 2.53. The fraction of sp³-hybridized carbons (Fsp3) is 0.108. The van der Waals surface area contributed by atoms with Gasteiger partial charge < -0.3 is 11.1 Å². The molecule has 0 atom stereocenters. The third-order valence-corrected chi connectivity index (χ3v) is 13.2. The normalized spacial score (nSPS) is 12.9. The van der Waals surface area contributed by atoms with E-state index in [9.17, 15) is 5.41 Å². The maximum absolute atomic E-state index is 9.76. The van der Waals surface area contributed by atoms with E-state index in [4.69, 9.17) is 5.41 Å². The molecular weight excluding hydrogens is 823 g/mol. The summed E-state index contributed by atoms with van der Waals surface area (Å²) in [6.07, 6.45) is 3.93. The molecule has 2 aliphatic carbocycles.